The smallest absolute Gasteiger partial charge is 0.205 e. The van der Waals surface area contributed by atoms with Crippen LogP contribution in [0.4, 0.5) is 0 Å². The van der Waals surface area contributed by atoms with Crippen LogP contribution < -0.4 is 0 Å². The Labute approximate surface area is 155 Å². The summed E-state index contributed by atoms with van der Waals surface area (Å²) in [5, 5.41) is 9.24. The monoisotopic (exact) mass is 390 g/mol. The third-order valence-corrected chi connectivity index (χ3v) is 7.04. The normalized spacial score (nSPS) is 19.2. The molecule has 136 valence electrons. The van der Waals surface area contributed by atoms with Crippen LogP contribution in [0, 0.1) is 0 Å². The SMILES string of the molecule is C=CCn1c(SCc2nc3ccccc3o2)nnc1C1CCS(=O)(=O)C1. The van der Waals surface area contributed by atoms with E-state index in [9.17, 15) is 8.42 Å². The van der Waals surface area contributed by atoms with Gasteiger partial charge in [-0.2, -0.15) is 0 Å². The van der Waals surface area contributed by atoms with Gasteiger partial charge in [0.2, 0.25) is 5.89 Å². The summed E-state index contributed by atoms with van der Waals surface area (Å²) in [6, 6.07) is 7.62. The molecule has 0 spiro atoms. The number of thioether (sulfide) groups is 1. The van der Waals surface area contributed by atoms with Crippen LogP contribution in [-0.2, 0) is 22.1 Å². The van der Waals surface area contributed by atoms with Crippen molar-refractivity contribution >= 4 is 32.7 Å². The van der Waals surface area contributed by atoms with Gasteiger partial charge in [0.1, 0.15) is 11.3 Å². The van der Waals surface area contributed by atoms with E-state index in [0.717, 1.165) is 11.1 Å². The standard InChI is InChI=1S/C17H18N4O3S2/c1-2-8-21-16(12-7-9-26(22,23)11-12)19-20-17(21)25-10-15-18-13-5-3-4-6-14(13)24-15/h2-6,12H,1,7-11H2. The van der Waals surface area contributed by atoms with E-state index in [2.05, 4.69) is 21.8 Å². The molecule has 1 aromatic carbocycles. The first-order chi connectivity index (χ1) is 12.6. The lowest BCUT2D eigenvalue weighted by molar-refractivity contribution is 0.555. The van der Waals surface area contributed by atoms with Gasteiger partial charge in [-0.1, -0.05) is 30.0 Å². The van der Waals surface area contributed by atoms with Crippen LogP contribution in [0.2, 0.25) is 0 Å². The fourth-order valence-corrected chi connectivity index (χ4v) is 5.65. The van der Waals surface area contributed by atoms with Gasteiger partial charge in [-0.3, -0.25) is 0 Å². The van der Waals surface area contributed by atoms with Crippen molar-refractivity contribution in [3.63, 3.8) is 0 Å². The first-order valence-electron chi connectivity index (χ1n) is 8.27. The summed E-state index contributed by atoms with van der Waals surface area (Å²) in [4.78, 5) is 4.46. The first-order valence-corrected chi connectivity index (χ1v) is 11.1. The number of hydrogen-bond acceptors (Lipinski definition) is 7. The number of aromatic nitrogens is 4. The van der Waals surface area contributed by atoms with Crippen LogP contribution in [0.3, 0.4) is 0 Å². The number of para-hydroxylation sites is 2. The number of rotatable bonds is 6. The van der Waals surface area contributed by atoms with E-state index in [4.69, 9.17) is 4.42 Å². The molecule has 0 N–H and O–H groups in total. The fraction of sp³-hybridized carbons (Fsp3) is 0.353. The molecule has 0 aliphatic carbocycles. The highest BCUT2D eigenvalue weighted by Crippen LogP contribution is 2.31. The van der Waals surface area contributed by atoms with Gasteiger partial charge in [0, 0.05) is 12.5 Å². The molecule has 0 radical (unpaired) electrons. The lowest BCUT2D eigenvalue weighted by atomic mass is 10.1. The second-order valence-corrected chi connectivity index (χ2v) is 9.38. The van der Waals surface area contributed by atoms with E-state index in [1.165, 1.54) is 11.8 Å². The summed E-state index contributed by atoms with van der Waals surface area (Å²) in [6.07, 6.45) is 2.35. The van der Waals surface area contributed by atoms with Gasteiger partial charge in [-0.15, -0.1) is 16.8 Å². The lowest BCUT2D eigenvalue weighted by Gasteiger charge is -2.10. The fourth-order valence-electron chi connectivity index (χ4n) is 3.12. The molecular weight excluding hydrogens is 372 g/mol. The van der Waals surface area contributed by atoms with Crippen molar-refractivity contribution in [2.75, 3.05) is 11.5 Å². The molecule has 7 nitrogen and oxygen atoms in total. The zero-order valence-electron chi connectivity index (χ0n) is 14.0. The molecule has 26 heavy (non-hydrogen) atoms. The Bertz CT molecular complexity index is 1020. The number of hydrogen-bond donors (Lipinski definition) is 0. The van der Waals surface area contributed by atoms with Crippen molar-refractivity contribution in [3.8, 4) is 0 Å². The van der Waals surface area contributed by atoms with Crippen molar-refractivity contribution in [2.24, 2.45) is 0 Å². The largest absolute Gasteiger partial charge is 0.440 e. The summed E-state index contributed by atoms with van der Waals surface area (Å²) < 4.78 is 31.2. The predicted molar refractivity (Wildman–Crippen MR) is 99.8 cm³/mol. The Morgan fingerprint density at radius 2 is 2.19 bits per heavy atom. The van der Waals surface area contributed by atoms with Crippen molar-refractivity contribution in [2.45, 2.75) is 29.8 Å². The van der Waals surface area contributed by atoms with Gasteiger partial charge in [0.05, 0.1) is 17.3 Å². The zero-order chi connectivity index (χ0) is 18.1. The zero-order valence-corrected chi connectivity index (χ0v) is 15.7. The molecule has 1 unspecified atom stereocenters. The van der Waals surface area contributed by atoms with Crippen LogP contribution in [0.25, 0.3) is 11.1 Å². The van der Waals surface area contributed by atoms with Gasteiger partial charge >= 0.3 is 0 Å². The molecule has 1 aliphatic rings. The number of fused-ring (bicyclic) bond motifs is 1. The number of sulfone groups is 1. The van der Waals surface area contributed by atoms with Gasteiger partial charge in [-0.25, -0.2) is 13.4 Å². The summed E-state index contributed by atoms with van der Waals surface area (Å²) in [5.41, 5.74) is 1.58. The van der Waals surface area contributed by atoms with Crippen LogP contribution >= 0.6 is 11.8 Å². The summed E-state index contributed by atoms with van der Waals surface area (Å²) in [7, 11) is -2.97. The Morgan fingerprint density at radius 3 is 2.92 bits per heavy atom. The first kappa shape index (κ1) is 17.3. The van der Waals surface area contributed by atoms with Gasteiger partial charge in [0.25, 0.3) is 0 Å². The quantitative estimate of drug-likeness (QED) is 0.472. The van der Waals surface area contributed by atoms with E-state index in [-0.39, 0.29) is 17.4 Å². The minimum atomic E-state index is -2.97. The van der Waals surface area contributed by atoms with Gasteiger partial charge < -0.3 is 8.98 Å². The van der Waals surface area contributed by atoms with Gasteiger partial charge in [-0.05, 0) is 18.6 Å². The van der Waals surface area contributed by atoms with Crippen LogP contribution in [0.1, 0.15) is 24.1 Å². The van der Waals surface area contributed by atoms with Crippen molar-refractivity contribution in [1.82, 2.24) is 19.7 Å². The van der Waals surface area contributed by atoms with E-state index >= 15 is 0 Å². The number of allylic oxidation sites excluding steroid dienone is 1. The van der Waals surface area contributed by atoms with Crippen LogP contribution in [0.5, 0.6) is 0 Å². The third kappa shape index (κ3) is 3.41. The van der Waals surface area contributed by atoms with E-state index in [0.29, 0.717) is 35.6 Å². The van der Waals surface area contributed by atoms with E-state index in [1.807, 2.05) is 28.8 Å². The Balaban J connectivity index is 1.55. The third-order valence-electron chi connectivity index (χ3n) is 4.32. The molecule has 2 aromatic heterocycles. The number of nitrogens with zero attached hydrogens (tertiary/aromatic N) is 4. The predicted octanol–water partition coefficient (Wildman–Crippen LogP) is 2.80. The summed E-state index contributed by atoms with van der Waals surface area (Å²) in [6.45, 7) is 4.32. The molecule has 9 heteroatoms. The Kier molecular flexibility index (Phi) is 4.58. The molecule has 1 fully saturated rings. The van der Waals surface area contributed by atoms with Crippen molar-refractivity contribution in [1.29, 1.82) is 0 Å². The number of benzene rings is 1. The molecule has 4 rings (SSSR count). The van der Waals surface area contributed by atoms with Crippen molar-refractivity contribution < 1.29 is 12.8 Å². The van der Waals surface area contributed by atoms with Crippen LogP contribution in [-0.4, -0.2) is 39.7 Å². The minimum absolute atomic E-state index is 0.105. The second kappa shape index (κ2) is 6.88. The summed E-state index contributed by atoms with van der Waals surface area (Å²) >= 11 is 1.47. The highest BCUT2D eigenvalue weighted by atomic mass is 32.2. The lowest BCUT2D eigenvalue weighted by Crippen LogP contribution is -2.11. The molecule has 0 bridgehead atoms. The average Bonchev–Trinajstić information content (AvgIpc) is 3.29. The van der Waals surface area contributed by atoms with E-state index < -0.39 is 9.84 Å². The molecule has 3 aromatic rings. The van der Waals surface area contributed by atoms with Gasteiger partial charge in [0.15, 0.2) is 20.6 Å². The maximum Gasteiger partial charge on any atom is 0.205 e. The molecule has 0 amide bonds. The topological polar surface area (TPSA) is 90.9 Å². The molecule has 1 saturated heterocycles. The summed E-state index contributed by atoms with van der Waals surface area (Å²) in [5.74, 6) is 2.10. The Hall–Kier alpha value is -2.13. The maximum absolute atomic E-state index is 11.8. The molecule has 0 saturated carbocycles. The highest BCUT2D eigenvalue weighted by molar-refractivity contribution is 7.98. The molecule has 1 aliphatic heterocycles. The molecular formula is C17H18N4O3S2. The highest BCUT2D eigenvalue weighted by Gasteiger charge is 2.33. The van der Waals surface area contributed by atoms with E-state index in [1.54, 1.807) is 6.08 Å². The number of oxazole rings is 1. The molecule has 1 atom stereocenters. The molecule has 3 heterocycles. The van der Waals surface area contributed by atoms with Crippen molar-refractivity contribution in [3.05, 3.63) is 48.6 Å². The second-order valence-electron chi connectivity index (χ2n) is 6.20. The maximum atomic E-state index is 11.8. The Morgan fingerprint density at radius 1 is 1.35 bits per heavy atom. The van der Waals surface area contributed by atoms with Crippen LogP contribution in [0.15, 0.2) is 46.5 Å². The average molecular weight is 390 g/mol. The minimum Gasteiger partial charge on any atom is -0.440 e.